The Morgan fingerprint density at radius 2 is 2.06 bits per heavy atom. The van der Waals surface area contributed by atoms with Crippen LogP contribution in [0.3, 0.4) is 0 Å². The van der Waals surface area contributed by atoms with Crippen LogP contribution in [0.4, 0.5) is 8.78 Å². The van der Waals surface area contributed by atoms with Crippen LogP contribution < -0.4 is 0 Å². The highest BCUT2D eigenvalue weighted by Gasteiger charge is 2.20. The number of rotatable bonds is 7. The fraction of sp³-hybridized carbons (Fsp3) is 0.200. The lowest BCUT2D eigenvalue weighted by Gasteiger charge is -2.18. The van der Waals surface area contributed by atoms with Crippen LogP contribution in [0.2, 0.25) is 0 Å². The predicted octanol–water partition coefficient (Wildman–Crippen LogP) is 5.01. The van der Waals surface area contributed by atoms with E-state index >= 15 is 0 Å². The van der Waals surface area contributed by atoms with Gasteiger partial charge in [0.05, 0.1) is 0 Å². The van der Waals surface area contributed by atoms with Gasteiger partial charge in [0.25, 0.3) is 0 Å². The van der Waals surface area contributed by atoms with E-state index in [2.05, 4.69) is 6.58 Å². The van der Waals surface area contributed by atoms with Gasteiger partial charge >= 0.3 is 0 Å². The van der Waals surface area contributed by atoms with Gasteiger partial charge in [-0.15, -0.1) is 6.58 Å². The summed E-state index contributed by atoms with van der Waals surface area (Å²) in [5.74, 6) is 0.290. The van der Waals surface area contributed by atoms with E-state index in [1.807, 2.05) is 0 Å². The van der Waals surface area contributed by atoms with Gasteiger partial charge < -0.3 is 4.52 Å². The molecule has 1 aromatic rings. The van der Waals surface area contributed by atoms with Crippen molar-refractivity contribution < 1.29 is 13.3 Å². The number of halogens is 2. The van der Waals surface area contributed by atoms with E-state index in [1.54, 1.807) is 18.2 Å². The summed E-state index contributed by atoms with van der Waals surface area (Å²) >= 11 is 7.95. The molecular formula is C10H11F2OPS3. The monoisotopic (exact) mass is 312 g/mol. The first-order valence-corrected chi connectivity index (χ1v) is 10.3. The molecule has 1 rings (SSSR count). The van der Waals surface area contributed by atoms with Crippen LogP contribution in [-0.2, 0) is 16.3 Å². The molecule has 0 saturated carbocycles. The largest absolute Gasteiger partial charge is 0.301 e. The van der Waals surface area contributed by atoms with E-state index in [9.17, 15) is 8.78 Å². The Balaban J connectivity index is 2.74. The van der Waals surface area contributed by atoms with E-state index in [0.717, 1.165) is 4.90 Å². The minimum absolute atomic E-state index is 0.312. The van der Waals surface area contributed by atoms with Gasteiger partial charge in [0.15, 0.2) is 11.5 Å². The maximum absolute atomic E-state index is 12.7. The Morgan fingerprint density at radius 3 is 2.59 bits per heavy atom. The molecule has 0 aliphatic carbocycles. The Morgan fingerprint density at radius 1 is 1.41 bits per heavy atom. The van der Waals surface area contributed by atoms with Crippen molar-refractivity contribution >= 4 is 39.2 Å². The van der Waals surface area contributed by atoms with Gasteiger partial charge in [0, 0.05) is 10.6 Å². The van der Waals surface area contributed by atoms with Gasteiger partial charge in [-0.25, -0.2) is 8.78 Å². The summed E-state index contributed by atoms with van der Waals surface area (Å²) in [6, 6.07) is 5.90. The molecule has 1 atom stereocenters. The Bertz CT molecular complexity index is 411. The normalized spacial score (nSPS) is 14.2. The standard InChI is InChI=1S/C10H11F2OPS3/c1-2-7-16-14(15,13-8-11)17-10-5-3-9(12)4-6-10/h2-6H,1,7-8H2. The summed E-state index contributed by atoms with van der Waals surface area (Å²) < 4.78 is 27.7. The second-order valence-corrected chi connectivity index (χ2v) is 13.2. The van der Waals surface area contributed by atoms with Gasteiger partial charge in [0.2, 0.25) is 0 Å². The van der Waals surface area contributed by atoms with Crippen molar-refractivity contribution in [2.45, 2.75) is 4.90 Å². The van der Waals surface area contributed by atoms with Gasteiger partial charge in [-0.05, 0) is 36.1 Å². The molecule has 0 fully saturated rings. The number of hydrogen-bond donors (Lipinski definition) is 0. The van der Waals surface area contributed by atoms with E-state index in [0.29, 0.717) is 5.75 Å². The molecule has 7 heteroatoms. The molecule has 1 aromatic carbocycles. The molecular weight excluding hydrogens is 301 g/mol. The lowest BCUT2D eigenvalue weighted by atomic mass is 10.4. The number of benzene rings is 1. The van der Waals surface area contributed by atoms with E-state index in [4.69, 9.17) is 16.3 Å². The van der Waals surface area contributed by atoms with Crippen molar-refractivity contribution in [2.75, 3.05) is 12.6 Å². The van der Waals surface area contributed by atoms with E-state index in [1.165, 1.54) is 34.9 Å². The van der Waals surface area contributed by atoms with Gasteiger partial charge in [0.1, 0.15) is 5.82 Å². The van der Waals surface area contributed by atoms with Gasteiger partial charge in [-0.2, -0.15) is 0 Å². The lowest BCUT2D eigenvalue weighted by Crippen LogP contribution is -1.83. The van der Waals surface area contributed by atoms with Crippen LogP contribution >= 0.6 is 27.4 Å². The minimum atomic E-state index is -2.37. The number of alkyl halides is 1. The molecule has 0 N–H and O–H groups in total. The molecule has 0 spiro atoms. The van der Waals surface area contributed by atoms with Crippen molar-refractivity contribution in [1.29, 1.82) is 0 Å². The van der Waals surface area contributed by atoms with Crippen molar-refractivity contribution in [3.05, 3.63) is 42.7 Å². The van der Waals surface area contributed by atoms with Crippen molar-refractivity contribution in [2.24, 2.45) is 0 Å². The summed E-state index contributed by atoms with van der Waals surface area (Å²) in [4.78, 5) is 0.778. The Labute approximate surface area is 113 Å². The van der Waals surface area contributed by atoms with Crippen LogP contribution in [0.5, 0.6) is 0 Å². The molecule has 0 amide bonds. The third kappa shape index (κ3) is 5.53. The van der Waals surface area contributed by atoms with Crippen molar-refractivity contribution in [3.8, 4) is 0 Å². The molecule has 0 aliphatic rings. The molecule has 0 aromatic heterocycles. The van der Waals surface area contributed by atoms with Crippen LogP contribution in [-0.4, -0.2) is 12.6 Å². The molecule has 94 valence electrons. The molecule has 0 radical (unpaired) electrons. The zero-order chi connectivity index (χ0) is 12.7. The maximum Gasteiger partial charge on any atom is 0.194 e. The highest BCUT2D eigenvalue weighted by molar-refractivity contribution is 8.99. The summed E-state index contributed by atoms with van der Waals surface area (Å²) in [6.45, 7) is 2.68. The lowest BCUT2D eigenvalue weighted by molar-refractivity contribution is 0.219. The molecule has 1 nitrogen and oxygen atoms in total. The van der Waals surface area contributed by atoms with Gasteiger partial charge in [-0.1, -0.05) is 28.8 Å². The summed E-state index contributed by atoms with van der Waals surface area (Å²) in [7, 11) is 0. The Hall–Kier alpha value is 0.130. The summed E-state index contributed by atoms with van der Waals surface area (Å²) in [6.07, 6.45) is 1.69. The van der Waals surface area contributed by atoms with Crippen LogP contribution in [0, 0.1) is 5.82 Å². The maximum atomic E-state index is 12.7. The average molecular weight is 312 g/mol. The summed E-state index contributed by atoms with van der Waals surface area (Å²) in [5, 5.41) is 0. The first kappa shape index (κ1) is 15.2. The first-order chi connectivity index (χ1) is 8.09. The van der Waals surface area contributed by atoms with Crippen LogP contribution in [0.25, 0.3) is 0 Å². The van der Waals surface area contributed by atoms with Crippen LogP contribution in [0.15, 0.2) is 41.8 Å². The fourth-order valence-electron chi connectivity index (χ4n) is 0.918. The predicted molar refractivity (Wildman–Crippen MR) is 76.3 cm³/mol. The highest BCUT2D eigenvalue weighted by atomic mass is 33.2. The molecule has 0 aliphatic heterocycles. The second-order valence-electron chi connectivity index (χ2n) is 2.82. The quantitative estimate of drug-likeness (QED) is 0.517. The van der Waals surface area contributed by atoms with Crippen molar-refractivity contribution in [1.82, 2.24) is 0 Å². The van der Waals surface area contributed by atoms with Crippen molar-refractivity contribution in [3.63, 3.8) is 0 Å². The second kappa shape index (κ2) is 7.54. The van der Waals surface area contributed by atoms with E-state index < -0.39 is 11.5 Å². The zero-order valence-electron chi connectivity index (χ0n) is 8.84. The first-order valence-electron chi connectivity index (χ1n) is 4.61. The topological polar surface area (TPSA) is 9.23 Å². The third-order valence-electron chi connectivity index (χ3n) is 1.59. The third-order valence-corrected chi connectivity index (χ3v) is 10.3. The molecule has 0 saturated heterocycles. The molecule has 0 heterocycles. The fourth-order valence-corrected chi connectivity index (χ4v) is 8.04. The SMILES string of the molecule is C=CCSP(=S)(OCF)Sc1ccc(F)cc1. The highest BCUT2D eigenvalue weighted by Crippen LogP contribution is 2.72. The van der Waals surface area contributed by atoms with Gasteiger partial charge in [-0.3, -0.25) is 0 Å². The Kier molecular flexibility index (Phi) is 6.74. The smallest absolute Gasteiger partial charge is 0.194 e. The van der Waals surface area contributed by atoms with E-state index in [-0.39, 0.29) is 5.82 Å². The molecule has 1 unspecified atom stereocenters. The average Bonchev–Trinajstić information content (AvgIpc) is 2.30. The number of hydrogen-bond acceptors (Lipinski definition) is 4. The zero-order valence-corrected chi connectivity index (χ0v) is 12.2. The molecule has 0 bridgehead atoms. The molecule has 17 heavy (non-hydrogen) atoms. The minimum Gasteiger partial charge on any atom is -0.301 e. The summed E-state index contributed by atoms with van der Waals surface area (Å²) in [5.41, 5.74) is 0. The van der Waals surface area contributed by atoms with Crippen LogP contribution in [0.1, 0.15) is 0 Å².